The Morgan fingerprint density at radius 3 is 2.37 bits per heavy atom. The summed E-state index contributed by atoms with van der Waals surface area (Å²) in [7, 11) is -3.34. The Hall–Kier alpha value is -0.620. The molecule has 1 N–H and O–H groups in total. The maximum absolute atomic E-state index is 12.4. The van der Waals surface area contributed by atoms with Crippen LogP contribution in [-0.2, 0) is 14.8 Å². The van der Waals surface area contributed by atoms with Crippen LogP contribution in [0.1, 0.15) is 40.0 Å². The van der Waals surface area contributed by atoms with E-state index in [9.17, 15) is 13.2 Å². The third-order valence-corrected chi connectivity index (χ3v) is 5.95. The number of nitrogens with zero attached hydrogens (tertiary/aromatic N) is 1. The molecule has 1 aliphatic heterocycles. The molecule has 1 rings (SSSR count). The number of hydrogen-bond donors (Lipinski definition) is 1. The predicted octanol–water partition coefficient (Wildman–Crippen LogP) is 1.79. The van der Waals surface area contributed by atoms with E-state index in [1.807, 2.05) is 20.8 Å². The molecule has 1 fully saturated rings. The van der Waals surface area contributed by atoms with Crippen LogP contribution in [0.25, 0.3) is 0 Å². The lowest BCUT2D eigenvalue weighted by atomic mass is 9.92. The van der Waals surface area contributed by atoms with Gasteiger partial charge in [-0.2, -0.15) is 0 Å². The quantitative estimate of drug-likeness (QED) is 0.809. The van der Waals surface area contributed by atoms with Crippen molar-refractivity contribution in [2.24, 2.45) is 17.8 Å². The van der Waals surface area contributed by atoms with Crippen molar-refractivity contribution in [3.63, 3.8) is 0 Å². The number of sulfonamides is 1. The smallest absolute Gasteiger partial charge is 0.307 e. The third kappa shape index (κ3) is 4.45. The fraction of sp³-hybridized carbons (Fsp3) is 0.923. The van der Waals surface area contributed by atoms with Crippen LogP contribution >= 0.6 is 0 Å². The molecular weight excluding hydrogens is 266 g/mol. The first-order chi connectivity index (χ1) is 8.80. The molecule has 0 amide bonds. The van der Waals surface area contributed by atoms with Crippen molar-refractivity contribution in [2.75, 3.05) is 18.8 Å². The molecule has 19 heavy (non-hydrogen) atoms. The molecule has 0 aromatic heterocycles. The highest BCUT2D eigenvalue weighted by Gasteiger charge is 2.35. The van der Waals surface area contributed by atoms with E-state index < -0.39 is 21.9 Å². The van der Waals surface area contributed by atoms with Crippen molar-refractivity contribution in [3.05, 3.63) is 0 Å². The largest absolute Gasteiger partial charge is 0.481 e. The van der Waals surface area contributed by atoms with Gasteiger partial charge in [0.1, 0.15) is 0 Å². The number of aliphatic carboxylic acids is 1. The van der Waals surface area contributed by atoms with Crippen molar-refractivity contribution in [1.29, 1.82) is 0 Å². The summed E-state index contributed by atoms with van der Waals surface area (Å²) < 4.78 is 26.1. The van der Waals surface area contributed by atoms with Gasteiger partial charge in [-0.05, 0) is 18.3 Å². The maximum Gasteiger partial charge on any atom is 0.307 e. The summed E-state index contributed by atoms with van der Waals surface area (Å²) in [5, 5.41) is 9.09. The highest BCUT2D eigenvalue weighted by Crippen LogP contribution is 2.25. The van der Waals surface area contributed by atoms with Gasteiger partial charge in [-0.1, -0.05) is 33.6 Å². The van der Waals surface area contributed by atoms with Crippen molar-refractivity contribution in [3.8, 4) is 0 Å². The molecule has 0 bridgehead atoms. The summed E-state index contributed by atoms with van der Waals surface area (Å²) in [4.78, 5) is 11.1. The molecule has 0 aromatic rings. The number of carbonyl (C=O) groups is 1. The van der Waals surface area contributed by atoms with E-state index in [2.05, 4.69) is 0 Å². The average Bonchev–Trinajstić information content (AvgIpc) is 2.35. The fourth-order valence-corrected chi connectivity index (χ4v) is 4.80. The number of rotatable bonds is 6. The lowest BCUT2D eigenvalue weighted by Crippen LogP contribution is -2.47. The summed E-state index contributed by atoms with van der Waals surface area (Å²) in [5.74, 6) is -1.06. The highest BCUT2D eigenvalue weighted by molar-refractivity contribution is 7.89. The van der Waals surface area contributed by atoms with Crippen LogP contribution in [0.15, 0.2) is 0 Å². The van der Waals surface area contributed by atoms with Gasteiger partial charge in [-0.25, -0.2) is 12.7 Å². The zero-order valence-electron chi connectivity index (χ0n) is 12.0. The van der Waals surface area contributed by atoms with Crippen LogP contribution in [-0.4, -0.2) is 42.6 Å². The fourth-order valence-electron chi connectivity index (χ4n) is 2.64. The third-order valence-electron chi connectivity index (χ3n) is 3.97. The van der Waals surface area contributed by atoms with Gasteiger partial charge in [-0.15, -0.1) is 0 Å². The lowest BCUT2D eigenvalue weighted by Gasteiger charge is -2.34. The van der Waals surface area contributed by atoms with E-state index >= 15 is 0 Å². The summed E-state index contributed by atoms with van der Waals surface area (Å²) in [6.45, 7) is 6.47. The summed E-state index contributed by atoms with van der Waals surface area (Å²) >= 11 is 0. The maximum atomic E-state index is 12.4. The second-order valence-electron chi connectivity index (χ2n) is 5.65. The van der Waals surface area contributed by atoms with Crippen LogP contribution in [0, 0.1) is 17.8 Å². The van der Waals surface area contributed by atoms with Gasteiger partial charge >= 0.3 is 5.97 Å². The summed E-state index contributed by atoms with van der Waals surface area (Å²) in [5.41, 5.74) is 0. The Bertz CT molecular complexity index is 403. The van der Waals surface area contributed by atoms with Gasteiger partial charge in [0.25, 0.3) is 0 Å². The lowest BCUT2D eigenvalue weighted by molar-refractivity contribution is -0.143. The monoisotopic (exact) mass is 291 g/mol. The zero-order valence-corrected chi connectivity index (χ0v) is 12.8. The molecule has 0 aromatic carbocycles. The number of carboxylic acid groups (broad SMARTS) is 1. The molecule has 0 radical (unpaired) electrons. The Balaban J connectivity index is 2.79. The first-order valence-corrected chi connectivity index (χ1v) is 8.61. The van der Waals surface area contributed by atoms with Gasteiger partial charge in [0.05, 0.1) is 11.7 Å². The predicted molar refractivity (Wildman–Crippen MR) is 74.3 cm³/mol. The Kier molecular flexibility index (Phi) is 5.80. The minimum absolute atomic E-state index is 0.103. The summed E-state index contributed by atoms with van der Waals surface area (Å²) in [6, 6.07) is 0. The van der Waals surface area contributed by atoms with Gasteiger partial charge in [0, 0.05) is 13.1 Å². The van der Waals surface area contributed by atoms with E-state index in [-0.39, 0.29) is 24.1 Å². The number of piperidine rings is 1. The SMILES string of the molecule is CCC(CC)CS(=O)(=O)N1CC(C)CC(C(=O)O)C1. The number of hydrogen-bond acceptors (Lipinski definition) is 3. The molecule has 112 valence electrons. The van der Waals surface area contributed by atoms with Gasteiger partial charge in [-0.3, -0.25) is 4.79 Å². The van der Waals surface area contributed by atoms with Crippen LogP contribution < -0.4 is 0 Å². The van der Waals surface area contributed by atoms with E-state index in [0.717, 1.165) is 12.8 Å². The molecule has 2 atom stereocenters. The molecule has 0 saturated carbocycles. The second kappa shape index (κ2) is 6.70. The minimum atomic E-state index is -3.34. The standard InChI is InChI=1S/C13H25NO4S/c1-4-11(5-2)9-19(17,18)14-7-10(3)6-12(8-14)13(15)16/h10-12H,4-9H2,1-3H3,(H,15,16). The van der Waals surface area contributed by atoms with Crippen molar-refractivity contribution in [1.82, 2.24) is 4.31 Å². The zero-order chi connectivity index (χ0) is 14.6. The Labute approximate surface area is 116 Å². The van der Waals surface area contributed by atoms with Crippen molar-refractivity contribution < 1.29 is 18.3 Å². The minimum Gasteiger partial charge on any atom is -0.481 e. The topological polar surface area (TPSA) is 74.7 Å². The molecule has 2 unspecified atom stereocenters. The molecule has 5 nitrogen and oxygen atoms in total. The molecule has 1 saturated heterocycles. The van der Waals surface area contributed by atoms with E-state index in [0.29, 0.717) is 13.0 Å². The Morgan fingerprint density at radius 2 is 1.89 bits per heavy atom. The van der Waals surface area contributed by atoms with Gasteiger partial charge in [0.2, 0.25) is 10.0 Å². The first kappa shape index (κ1) is 16.4. The molecule has 1 heterocycles. The average molecular weight is 291 g/mol. The van der Waals surface area contributed by atoms with E-state index in [1.165, 1.54) is 4.31 Å². The van der Waals surface area contributed by atoms with E-state index in [4.69, 9.17) is 5.11 Å². The second-order valence-corrected chi connectivity index (χ2v) is 7.67. The van der Waals surface area contributed by atoms with E-state index in [1.54, 1.807) is 0 Å². The van der Waals surface area contributed by atoms with Gasteiger partial charge < -0.3 is 5.11 Å². The number of carboxylic acids is 1. The Morgan fingerprint density at radius 1 is 1.32 bits per heavy atom. The van der Waals surface area contributed by atoms with Crippen LogP contribution in [0.4, 0.5) is 0 Å². The van der Waals surface area contributed by atoms with Crippen molar-refractivity contribution >= 4 is 16.0 Å². The van der Waals surface area contributed by atoms with Crippen LogP contribution in [0.2, 0.25) is 0 Å². The molecule has 0 aliphatic carbocycles. The molecule has 0 spiro atoms. The highest BCUT2D eigenvalue weighted by atomic mass is 32.2. The normalized spacial score (nSPS) is 25.7. The summed E-state index contributed by atoms with van der Waals surface area (Å²) in [6.07, 6.45) is 2.23. The molecule has 6 heteroatoms. The van der Waals surface area contributed by atoms with Crippen LogP contribution in [0.5, 0.6) is 0 Å². The van der Waals surface area contributed by atoms with Crippen LogP contribution in [0.3, 0.4) is 0 Å². The van der Waals surface area contributed by atoms with Gasteiger partial charge in [0.15, 0.2) is 0 Å². The molecule has 1 aliphatic rings. The van der Waals surface area contributed by atoms with Crippen molar-refractivity contribution in [2.45, 2.75) is 40.0 Å². The molecular formula is C13H25NO4S. The first-order valence-electron chi connectivity index (χ1n) is 7.00.